The second-order valence-corrected chi connectivity index (χ2v) is 9.42. The molecule has 0 saturated carbocycles. The number of thiazole rings is 1. The van der Waals surface area contributed by atoms with E-state index in [2.05, 4.69) is 11.9 Å². The third-order valence-corrected chi connectivity index (χ3v) is 6.94. The van der Waals surface area contributed by atoms with Crippen LogP contribution in [-0.2, 0) is 17.8 Å². The first-order valence-electron chi connectivity index (χ1n) is 11.2. The lowest BCUT2D eigenvalue weighted by Crippen LogP contribution is -2.33. The number of rotatable bonds is 8. The molecule has 0 spiro atoms. The van der Waals surface area contributed by atoms with Gasteiger partial charge in [0.1, 0.15) is 0 Å². The van der Waals surface area contributed by atoms with E-state index in [0.29, 0.717) is 33.5 Å². The molecule has 2 heterocycles. The molecule has 0 radical (unpaired) electrons. The smallest absolute Gasteiger partial charge is 0.262 e. The number of unbranched alkanes of at least 4 members (excludes halogenated alkanes) is 1. The topological polar surface area (TPSA) is 75.4 Å². The lowest BCUT2D eigenvalue weighted by Gasteiger charge is -2.20. The molecule has 4 rings (SSSR count). The maximum atomic E-state index is 13.5. The molecule has 2 aromatic heterocycles. The SMILES string of the molecule is CCCCN(C(=O)Cc1c(C)n(C(=O)c2ccc(Cl)cc2)c2ccc(CO)cc12)c1nccs1. The van der Waals surface area contributed by atoms with Crippen LogP contribution in [0.5, 0.6) is 0 Å². The number of hydrogen-bond donors (Lipinski definition) is 1. The molecule has 0 unspecified atom stereocenters. The summed E-state index contributed by atoms with van der Waals surface area (Å²) in [4.78, 5) is 33.0. The molecular formula is C26H26ClN3O3S. The first-order chi connectivity index (χ1) is 16.4. The summed E-state index contributed by atoms with van der Waals surface area (Å²) < 4.78 is 1.64. The van der Waals surface area contributed by atoms with Crippen molar-refractivity contribution in [3.05, 3.63) is 81.4 Å². The summed E-state index contributed by atoms with van der Waals surface area (Å²) in [7, 11) is 0. The van der Waals surface area contributed by atoms with Crippen molar-refractivity contribution in [3.8, 4) is 0 Å². The maximum absolute atomic E-state index is 13.5. The van der Waals surface area contributed by atoms with Crippen LogP contribution >= 0.6 is 22.9 Å². The highest BCUT2D eigenvalue weighted by atomic mass is 35.5. The Morgan fingerprint density at radius 2 is 1.94 bits per heavy atom. The zero-order valence-electron chi connectivity index (χ0n) is 19.1. The molecule has 8 heteroatoms. The quantitative estimate of drug-likeness (QED) is 0.344. The van der Waals surface area contributed by atoms with E-state index >= 15 is 0 Å². The summed E-state index contributed by atoms with van der Waals surface area (Å²) in [5.41, 5.74) is 3.40. The van der Waals surface area contributed by atoms with Crippen LogP contribution in [0.3, 0.4) is 0 Å². The van der Waals surface area contributed by atoms with Crippen LogP contribution in [0.25, 0.3) is 10.9 Å². The summed E-state index contributed by atoms with van der Waals surface area (Å²) in [5.74, 6) is -0.267. The number of halogens is 1. The predicted octanol–water partition coefficient (Wildman–Crippen LogP) is 5.62. The second kappa shape index (κ2) is 10.5. The lowest BCUT2D eigenvalue weighted by atomic mass is 10.0. The maximum Gasteiger partial charge on any atom is 0.262 e. The summed E-state index contributed by atoms with van der Waals surface area (Å²) >= 11 is 7.44. The van der Waals surface area contributed by atoms with Crippen molar-refractivity contribution in [1.82, 2.24) is 9.55 Å². The normalized spacial score (nSPS) is 11.2. The zero-order valence-corrected chi connectivity index (χ0v) is 20.7. The third kappa shape index (κ3) is 4.78. The average molecular weight is 496 g/mol. The van der Waals surface area contributed by atoms with Gasteiger partial charge in [-0.15, -0.1) is 11.3 Å². The number of anilines is 1. The Kier molecular flexibility index (Phi) is 7.46. The average Bonchev–Trinajstić information content (AvgIpc) is 3.46. The Morgan fingerprint density at radius 3 is 2.59 bits per heavy atom. The van der Waals surface area contributed by atoms with E-state index in [0.717, 1.165) is 29.4 Å². The predicted molar refractivity (Wildman–Crippen MR) is 137 cm³/mol. The van der Waals surface area contributed by atoms with Crippen LogP contribution < -0.4 is 4.90 Å². The highest BCUT2D eigenvalue weighted by Crippen LogP contribution is 2.30. The van der Waals surface area contributed by atoms with Crippen molar-refractivity contribution in [3.63, 3.8) is 0 Å². The molecule has 0 saturated heterocycles. The number of fused-ring (bicyclic) bond motifs is 1. The van der Waals surface area contributed by atoms with Crippen LogP contribution in [0.4, 0.5) is 5.13 Å². The van der Waals surface area contributed by atoms with E-state index in [1.165, 1.54) is 11.3 Å². The van der Waals surface area contributed by atoms with E-state index in [4.69, 9.17) is 11.6 Å². The van der Waals surface area contributed by atoms with Gasteiger partial charge in [0.2, 0.25) is 5.91 Å². The Labute approximate surface area is 207 Å². The Morgan fingerprint density at radius 1 is 1.18 bits per heavy atom. The molecule has 0 aliphatic heterocycles. The van der Waals surface area contributed by atoms with E-state index in [9.17, 15) is 14.7 Å². The van der Waals surface area contributed by atoms with E-state index in [1.807, 2.05) is 24.4 Å². The Bertz CT molecular complexity index is 1310. The number of amides is 1. The lowest BCUT2D eigenvalue weighted by molar-refractivity contribution is -0.118. The number of aliphatic hydroxyl groups excluding tert-OH is 1. The summed E-state index contributed by atoms with van der Waals surface area (Å²) in [6.45, 7) is 4.41. The molecule has 0 aliphatic carbocycles. The summed E-state index contributed by atoms with van der Waals surface area (Å²) in [6, 6.07) is 12.2. The van der Waals surface area contributed by atoms with Gasteiger partial charge >= 0.3 is 0 Å². The van der Waals surface area contributed by atoms with Gasteiger partial charge in [0.05, 0.1) is 18.5 Å². The largest absolute Gasteiger partial charge is 0.392 e. The fraction of sp³-hybridized carbons (Fsp3) is 0.269. The highest BCUT2D eigenvalue weighted by molar-refractivity contribution is 7.13. The molecule has 1 amide bonds. The van der Waals surface area contributed by atoms with Crippen LogP contribution in [0.2, 0.25) is 5.02 Å². The molecule has 1 N–H and O–H groups in total. The first kappa shape index (κ1) is 24.1. The molecule has 6 nitrogen and oxygen atoms in total. The second-order valence-electron chi connectivity index (χ2n) is 8.11. The number of hydrogen-bond acceptors (Lipinski definition) is 5. The standard InChI is InChI=1S/C26H26ClN3O3S/c1-3-4-12-29(26-28-11-13-34-26)24(32)15-21-17(2)30(23-10-5-18(16-31)14-22(21)23)25(33)19-6-8-20(27)9-7-19/h5-11,13-14,31H,3-4,12,15-16H2,1-2H3. The summed E-state index contributed by atoms with van der Waals surface area (Å²) in [6.07, 6.45) is 3.65. The fourth-order valence-electron chi connectivity index (χ4n) is 4.07. The van der Waals surface area contributed by atoms with Gasteiger partial charge in [0.15, 0.2) is 5.13 Å². The van der Waals surface area contributed by atoms with Crippen LogP contribution in [0, 0.1) is 6.92 Å². The third-order valence-electron chi connectivity index (χ3n) is 5.89. The summed E-state index contributed by atoms with van der Waals surface area (Å²) in [5, 5.41) is 13.6. The molecular weight excluding hydrogens is 470 g/mol. The minimum atomic E-state index is -0.197. The number of carbonyl (C=O) groups is 2. The van der Waals surface area contributed by atoms with Gasteiger partial charge in [-0.3, -0.25) is 19.1 Å². The van der Waals surface area contributed by atoms with E-state index < -0.39 is 0 Å². The van der Waals surface area contributed by atoms with Crippen LogP contribution in [0.1, 0.15) is 46.9 Å². The number of aliphatic hydroxyl groups is 1. The first-order valence-corrected chi connectivity index (χ1v) is 12.4. The molecule has 2 aromatic carbocycles. The highest BCUT2D eigenvalue weighted by Gasteiger charge is 2.25. The number of carbonyl (C=O) groups excluding carboxylic acids is 2. The van der Waals surface area contributed by atoms with Gasteiger partial charge in [0, 0.05) is 39.8 Å². The molecule has 4 aromatic rings. The molecule has 0 fully saturated rings. The van der Waals surface area contributed by atoms with Gasteiger partial charge in [0.25, 0.3) is 5.91 Å². The van der Waals surface area contributed by atoms with Gasteiger partial charge in [-0.1, -0.05) is 31.0 Å². The van der Waals surface area contributed by atoms with Crippen molar-refractivity contribution in [2.45, 2.75) is 39.7 Å². The van der Waals surface area contributed by atoms with Crippen LogP contribution in [-0.4, -0.2) is 33.0 Å². The van der Waals surface area contributed by atoms with Crippen LogP contribution in [0.15, 0.2) is 54.0 Å². The Balaban J connectivity index is 1.78. The van der Waals surface area contributed by atoms with Crippen molar-refractivity contribution in [2.75, 3.05) is 11.4 Å². The Hall–Kier alpha value is -3.00. The zero-order chi connectivity index (χ0) is 24.2. The number of aromatic nitrogens is 2. The van der Waals surface area contributed by atoms with Gasteiger partial charge < -0.3 is 5.11 Å². The van der Waals surface area contributed by atoms with Gasteiger partial charge in [-0.05, 0) is 60.9 Å². The molecule has 0 bridgehead atoms. The van der Waals surface area contributed by atoms with Crippen molar-refractivity contribution in [2.24, 2.45) is 0 Å². The molecule has 0 atom stereocenters. The molecule has 176 valence electrons. The van der Waals surface area contributed by atoms with Gasteiger partial charge in [-0.2, -0.15) is 0 Å². The van der Waals surface area contributed by atoms with E-state index in [1.54, 1.807) is 46.0 Å². The molecule has 34 heavy (non-hydrogen) atoms. The monoisotopic (exact) mass is 495 g/mol. The fourth-order valence-corrected chi connectivity index (χ4v) is 4.89. The minimum Gasteiger partial charge on any atom is -0.392 e. The van der Waals surface area contributed by atoms with Crippen molar-refractivity contribution < 1.29 is 14.7 Å². The number of benzene rings is 2. The number of nitrogens with zero attached hydrogens (tertiary/aromatic N) is 3. The van der Waals surface area contributed by atoms with E-state index in [-0.39, 0.29) is 24.8 Å². The minimum absolute atomic E-state index is 0.0705. The van der Waals surface area contributed by atoms with Crippen molar-refractivity contribution >= 4 is 50.8 Å². The van der Waals surface area contributed by atoms with Gasteiger partial charge in [-0.25, -0.2) is 4.98 Å². The van der Waals surface area contributed by atoms with Crippen molar-refractivity contribution in [1.29, 1.82) is 0 Å². The molecule has 0 aliphatic rings.